The molecule has 3 aromatic carbocycles. The van der Waals surface area contributed by atoms with Crippen LogP contribution < -0.4 is 10.6 Å². The standard InChI is InChI=1S/C22H21FN2O/c1-16(18-7-3-2-4-8-18)24-20-10-12-21(13-11-20)25-22(26)15-17-6-5-9-19(23)14-17/h2-14,16,24H,15H2,1H3,(H,25,26). The summed E-state index contributed by atoms with van der Waals surface area (Å²) in [4.78, 5) is 12.1. The lowest BCUT2D eigenvalue weighted by atomic mass is 10.1. The van der Waals surface area contributed by atoms with Gasteiger partial charge in [-0.1, -0.05) is 42.5 Å². The van der Waals surface area contributed by atoms with Crippen LogP contribution in [0.3, 0.4) is 0 Å². The molecule has 0 aliphatic rings. The van der Waals surface area contributed by atoms with E-state index in [1.807, 2.05) is 42.5 Å². The predicted octanol–water partition coefficient (Wildman–Crippen LogP) is 5.18. The molecule has 0 saturated heterocycles. The fourth-order valence-electron chi connectivity index (χ4n) is 2.76. The van der Waals surface area contributed by atoms with Crippen LogP contribution in [0.1, 0.15) is 24.1 Å². The van der Waals surface area contributed by atoms with E-state index >= 15 is 0 Å². The van der Waals surface area contributed by atoms with Crippen molar-refractivity contribution in [1.82, 2.24) is 0 Å². The first kappa shape index (κ1) is 17.7. The van der Waals surface area contributed by atoms with Crippen molar-refractivity contribution in [3.8, 4) is 0 Å². The van der Waals surface area contributed by atoms with Gasteiger partial charge in [-0.3, -0.25) is 4.79 Å². The summed E-state index contributed by atoms with van der Waals surface area (Å²) in [5, 5.41) is 6.26. The average molecular weight is 348 g/mol. The van der Waals surface area contributed by atoms with Crippen LogP contribution in [0.15, 0.2) is 78.9 Å². The summed E-state index contributed by atoms with van der Waals surface area (Å²) < 4.78 is 13.2. The summed E-state index contributed by atoms with van der Waals surface area (Å²) in [5.41, 5.74) is 3.55. The molecule has 4 heteroatoms. The van der Waals surface area contributed by atoms with Crippen LogP contribution in [-0.2, 0) is 11.2 Å². The molecule has 1 amide bonds. The van der Waals surface area contributed by atoms with E-state index in [1.165, 1.54) is 17.7 Å². The summed E-state index contributed by atoms with van der Waals surface area (Å²) in [5.74, 6) is -0.507. The van der Waals surface area contributed by atoms with Gasteiger partial charge in [-0.2, -0.15) is 0 Å². The van der Waals surface area contributed by atoms with Crippen molar-refractivity contribution in [3.63, 3.8) is 0 Å². The van der Waals surface area contributed by atoms with Crippen LogP contribution in [0.4, 0.5) is 15.8 Å². The van der Waals surface area contributed by atoms with Crippen molar-refractivity contribution in [2.75, 3.05) is 10.6 Å². The minimum atomic E-state index is -0.335. The molecule has 0 aromatic heterocycles. The van der Waals surface area contributed by atoms with Crippen LogP contribution in [0.5, 0.6) is 0 Å². The SMILES string of the molecule is CC(Nc1ccc(NC(=O)Cc2cccc(F)c2)cc1)c1ccccc1. The van der Waals surface area contributed by atoms with E-state index in [0.717, 1.165) is 5.69 Å². The van der Waals surface area contributed by atoms with Gasteiger partial charge in [-0.25, -0.2) is 4.39 Å². The zero-order valence-corrected chi connectivity index (χ0v) is 14.6. The van der Waals surface area contributed by atoms with E-state index in [0.29, 0.717) is 11.3 Å². The van der Waals surface area contributed by atoms with E-state index in [1.54, 1.807) is 12.1 Å². The number of rotatable bonds is 6. The second-order valence-corrected chi connectivity index (χ2v) is 6.21. The second kappa shape index (κ2) is 8.30. The zero-order chi connectivity index (χ0) is 18.4. The van der Waals surface area contributed by atoms with E-state index in [9.17, 15) is 9.18 Å². The Morgan fingerprint density at radius 3 is 2.31 bits per heavy atom. The number of hydrogen-bond donors (Lipinski definition) is 2. The molecule has 0 heterocycles. The molecule has 3 aromatic rings. The minimum absolute atomic E-state index is 0.142. The highest BCUT2D eigenvalue weighted by Gasteiger charge is 2.07. The largest absolute Gasteiger partial charge is 0.379 e. The van der Waals surface area contributed by atoms with Gasteiger partial charge in [0, 0.05) is 17.4 Å². The number of carbonyl (C=O) groups excluding carboxylic acids is 1. The van der Waals surface area contributed by atoms with Gasteiger partial charge in [0.15, 0.2) is 0 Å². The number of nitrogens with one attached hydrogen (secondary N) is 2. The Labute approximate surface area is 152 Å². The molecule has 0 aliphatic carbocycles. The molecule has 0 saturated carbocycles. The van der Waals surface area contributed by atoms with Gasteiger partial charge >= 0.3 is 0 Å². The number of anilines is 2. The molecule has 26 heavy (non-hydrogen) atoms. The van der Waals surface area contributed by atoms with Crippen molar-refractivity contribution in [1.29, 1.82) is 0 Å². The Morgan fingerprint density at radius 2 is 1.62 bits per heavy atom. The van der Waals surface area contributed by atoms with Gasteiger partial charge in [0.05, 0.1) is 6.42 Å². The van der Waals surface area contributed by atoms with Gasteiger partial charge in [-0.15, -0.1) is 0 Å². The first-order valence-electron chi connectivity index (χ1n) is 8.56. The number of benzene rings is 3. The molecule has 0 spiro atoms. The van der Waals surface area contributed by atoms with Crippen molar-refractivity contribution in [2.24, 2.45) is 0 Å². The molecule has 0 aliphatic heterocycles. The van der Waals surface area contributed by atoms with Gasteiger partial charge in [0.1, 0.15) is 5.82 Å². The summed E-state index contributed by atoms with van der Waals surface area (Å²) in [6, 6.07) is 24.0. The summed E-state index contributed by atoms with van der Waals surface area (Å²) in [7, 11) is 0. The van der Waals surface area contributed by atoms with Crippen LogP contribution in [0.25, 0.3) is 0 Å². The van der Waals surface area contributed by atoms with E-state index in [-0.39, 0.29) is 24.2 Å². The van der Waals surface area contributed by atoms with Crippen LogP contribution in [0.2, 0.25) is 0 Å². The summed E-state index contributed by atoms with van der Waals surface area (Å²) in [6.07, 6.45) is 0.142. The third-order valence-electron chi connectivity index (χ3n) is 4.11. The average Bonchev–Trinajstić information content (AvgIpc) is 2.64. The molecule has 3 nitrogen and oxygen atoms in total. The Balaban J connectivity index is 1.56. The third-order valence-corrected chi connectivity index (χ3v) is 4.11. The molecule has 0 radical (unpaired) electrons. The molecule has 1 unspecified atom stereocenters. The van der Waals surface area contributed by atoms with Gasteiger partial charge < -0.3 is 10.6 Å². The normalized spacial score (nSPS) is 11.6. The highest BCUT2D eigenvalue weighted by molar-refractivity contribution is 5.92. The van der Waals surface area contributed by atoms with Gasteiger partial charge in [0.25, 0.3) is 0 Å². The van der Waals surface area contributed by atoms with E-state index in [4.69, 9.17) is 0 Å². The van der Waals surface area contributed by atoms with E-state index < -0.39 is 0 Å². The van der Waals surface area contributed by atoms with E-state index in [2.05, 4.69) is 29.7 Å². The molecule has 0 bridgehead atoms. The maximum Gasteiger partial charge on any atom is 0.228 e. The molecule has 132 valence electrons. The lowest BCUT2D eigenvalue weighted by Gasteiger charge is -2.16. The molecule has 0 fully saturated rings. The van der Waals surface area contributed by atoms with Crippen molar-refractivity contribution >= 4 is 17.3 Å². The highest BCUT2D eigenvalue weighted by atomic mass is 19.1. The quantitative estimate of drug-likeness (QED) is 0.644. The molecule has 3 rings (SSSR count). The number of hydrogen-bond acceptors (Lipinski definition) is 2. The Kier molecular flexibility index (Phi) is 5.64. The summed E-state index contributed by atoms with van der Waals surface area (Å²) in [6.45, 7) is 2.10. The smallest absolute Gasteiger partial charge is 0.228 e. The lowest BCUT2D eigenvalue weighted by molar-refractivity contribution is -0.115. The lowest BCUT2D eigenvalue weighted by Crippen LogP contribution is -2.14. The molecular weight excluding hydrogens is 327 g/mol. The maximum atomic E-state index is 13.2. The van der Waals surface area contributed by atoms with Crippen molar-refractivity contribution in [2.45, 2.75) is 19.4 Å². The number of carbonyl (C=O) groups is 1. The zero-order valence-electron chi connectivity index (χ0n) is 14.6. The summed E-state index contributed by atoms with van der Waals surface area (Å²) >= 11 is 0. The van der Waals surface area contributed by atoms with Gasteiger partial charge in [-0.05, 0) is 54.4 Å². The third kappa shape index (κ3) is 4.93. The Hall–Kier alpha value is -3.14. The van der Waals surface area contributed by atoms with Gasteiger partial charge in [0.2, 0.25) is 5.91 Å². The fourth-order valence-corrected chi connectivity index (χ4v) is 2.76. The second-order valence-electron chi connectivity index (χ2n) is 6.21. The molecular formula is C22H21FN2O. The van der Waals surface area contributed by atoms with Crippen LogP contribution >= 0.6 is 0 Å². The fraction of sp³-hybridized carbons (Fsp3) is 0.136. The van der Waals surface area contributed by atoms with Crippen molar-refractivity contribution in [3.05, 3.63) is 95.8 Å². The molecule has 2 N–H and O–H groups in total. The predicted molar refractivity (Wildman–Crippen MR) is 104 cm³/mol. The Morgan fingerprint density at radius 1 is 0.923 bits per heavy atom. The Bertz CT molecular complexity index is 863. The highest BCUT2D eigenvalue weighted by Crippen LogP contribution is 2.20. The van der Waals surface area contributed by atoms with Crippen LogP contribution in [0, 0.1) is 5.82 Å². The number of amides is 1. The first-order chi connectivity index (χ1) is 12.6. The van der Waals surface area contributed by atoms with Crippen LogP contribution in [-0.4, -0.2) is 5.91 Å². The first-order valence-corrected chi connectivity index (χ1v) is 8.56. The topological polar surface area (TPSA) is 41.1 Å². The minimum Gasteiger partial charge on any atom is -0.379 e. The number of halogens is 1. The molecule has 1 atom stereocenters. The van der Waals surface area contributed by atoms with Crippen molar-refractivity contribution < 1.29 is 9.18 Å². The maximum absolute atomic E-state index is 13.2. The monoisotopic (exact) mass is 348 g/mol.